The lowest BCUT2D eigenvalue weighted by molar-refractivity contribution is 0.0568. The average Bonchev–Trinajstić information content (AvgIpc) is 2.43. The Morgan fingerprint density at radius 3 is 1.90 bits per heavy atom. The molecule has 0 aromatic heterocycles. The molecule has 0 fully saturated rings. The maximum absolute atomic E-state index is 5.75. The molecule has 0 atom stereocenters. The zero-order chi connectivity index (χ0) is 15.1. The van der Waals surface area contributed by atoms with Crippen LogP contribution in [-0.2, 0) is 22.8 Å². The molecule has 0 aromatic rings. The Morgan fingerprint density at radius 2 is 1.40 bits per heavy atom. The van der Waals surface area contributed by atoms with Gasteiger partial charge in [-0.05, 0) is 33.6 Å². The van der Waals surface area contributed by atoms with Crippen molar-refractivity contribution >= 4 is 8.80 Å². The van der Waals surface area contributed by atoms with Crippen molar-refractivity contribution < 1.29 is 22.8 Å². The van der Waals surface area contributed by atoms with Gasteiger partial charge in [0.15, 0.2) is 0 Å². The highest BCUT2D eigenvalue weighted by atomic mass is 28.4. The van der Waals surface area contributed by atoms with Crippen molar-refractivity contribution in [3.8, 4) is 0 Å². The summed E-state index contributed by atoms with van der Waals surface area (Å²) in [4.78, 5) is 0. The van der Waals surface area contributed by atoms with Crippen LogP contribution >= 0.6 is 0 Å². The lowest BCUT2D eigenvalue weighted by Gasteiger charge is -2.28. The van der Waals surface area contributed by atoms with Crippen molar-refractivity contribution in [1.82, 2.24) is 0 Å². The second kappa shape index (κ2) is 13.6. The van der Waals surface area contributed by atoms with Gasteiger partial charge in [-0.15, -0.1) is 0 Å². The van der Waals surface area contributed by atoms with E-state index >= 15 is 0 Å². The van der Waals surface area contributed by atoms with Gasteiger partial charge in [0.25, 0.3) is 0 Å². The molecule has 0 N–H and O–H groups in total. The van der Waals surface area contributed by atoms with Crippen molar-refractivity contribution in [2.45, 2.75) is 39.7 Å². The topological polar surface area (TPSA) is 46.2 Å². The molecule has 120 valence electrons. The van der Waals surface area contributed by atoms with Crippen LogP contribution in [0.5, 0.6) is 0 Å². The highest BCUT2D eigenvalue weighted by molar-refractivity contribution is 6.60. The van der Waals surface area contributed by atoms with Crippen molar-refractivity contribution in [3.63, 3.8) is 0 Å². The van der Waals surface area contributed by atoms with E-state index in [1.165, 1.54) is 6.26 Å². The predicted molar refractivity (Wildman–Crippen MR) is 81.6 cm³/mol. The monoisotopic (exact) mass is 306 g/mol. The van der Waals surface area contributed by atoms with Gasteiger partial charge in [-0.3, -0.25) is 0 Å². The zero-order valence-corrected chi connectivity index (χ0v) is 14.2. The molecule has 0 saturated carbocycles. The Labute approximate surface area is 124 Å². The maximum atomic E-state index is 5.75. The van der Waals surface area contributed by atoms with Crippen molar-refractivity contribution in [3.05, 3.63) is 12.8 Å². The van der Waals surface area contributed by atoms with E-state index in [2.05, 4.69) is 6.58 Å². The predicted octanol–water partition coefficient (Wildman–Crippen LogP) is 2.99. The van der Waals surface area contributed by atoms with Crippen LogP contribution in [0.15, 0.2) is 12.8 Å². The lowest BCUT2D eigenvalue weighted by atomic mass is 10.3. The summed E-state index contributed by atoms with van der Waals surface area (Å²) in [6.45, 7) is 13.2. The minimum absolute atomic E-state index is 0.602. The van der Waals surface area contributed by atoms with Crippen LogP contribution in [0.3, 0.4) is 0 Å². The first-order valence-electron chi connectivity index (χ1n) is 7.46. The first kappa shape index (κ1) is 19.6. The fourth-order valence-corrected chi connectivity index (χ4v) is 4.17. The molecule has 0 spiro atoms. The van der Waals surface area contributed by atoms with Crippen molar-refractivity contribution in [1.29, 1.82) is 0 Å². The fraction of sp³-hybridized carbons (Fsp3) is 0.857. The van der Waals surface area contributed by atoms with Crippen LogP contribution < -0.4 is 0 Å². The third-order valence-electron chi connectivity index (χ3n) is 2.56. The van der Waals surface area contributed by atoms with Crippen LogP contribution in [0.1, 0.15) is 33.6 Å². The number of unbranched alkanes of at least 4 members (excludes halogenated alkanes) is 1. The van der Waals surface area contributed by atoms with E-state index in [9.17, 15) is 0 Å². The van der Waals surface area contributed by atoms with Gasteiger partial charge < -0.3 is 22.8 Å². The lowest BCUT2D eigenvalue weighted by Crippen LogP contribution is -2.46. The maximum Gasteiger partial charge on any atom is 0.503 e. The molecule has 5 nitrogen and oxygen atoms in total. The molecule has 0 aliphatic carbocycles. The van der Waals surface area contributed by atoms with Crippen LogP contribution in [0.2, 0.25) is 6.04 Å². The van der Waals surface area contributed by atoms with Crippen LogP contribution in [0.25, 0.3) is 0 Å². The standard InChI is InChI=1S/C14H30O5Si/c1-5-15-11-9-10-12-16-13-14-20(17-6-2,18-7-3)19-8-4/h5H,1,6-14H2,2-4H3. The minimum atomic E-state index is -2.54. The van der Waals surface area contributed by atoms with Gasteiger partial charge in [-0.25, -0.2) is 0 Å². The third kappa shape index (κ3) is 9.49. The van der Waals surface area contributed by atoms with E-state index in [1.807, 2.05) is 20.8 Å². The van der Waals surface area contributed by atoms with E-state index in [0.717, 1.165) is 19.4 Å². The largest absolute Gasteiger partial charge is 0.503 e. The number of ether oxygens (including phenoxy) is 2. The highest BCUT2D eigenvalue weighted by Gasteiger charge is 2.39. The third-order valence-corrected chi connectivity index (χ3v) is 5.57. The molecular formula is C14H30O5Si. The normalized spacial score (nSPS) is 11.6. The van der Waals surface area contributed by atoms with Gasteiger partial charge in [-0.2, -0.15) is 0 Å². The molecule has 0 heterocycles. The summed E-state index contributed by atoms with van der Waals surface area (Å²) in [6, 6.07) is 0.700. The first-order valence-corrected chi connectivity index (χ1v) is 9.40. The van der Waals surface area contributed by atoms with E-state index in [4.69, 9.17) is 22.8 Å². The fourth-order valence-electron chi connectivity index (χ4n) is 1.77. The van der Waals surface area contributed by atoms with E-state index < -0.39 is 8.80 Å². The molecule has 0 saturated heterocycles. The van der Waals surface area contributed by atoms with Crippen LogP contribution in [0.4, 0.5) is 0 Å². The van der Waals surface area contributed by atoms with Crippen molar-refractivity contribution in [2.75, 3.05) is 39.6 Å². The molecule has 0 aromatic carbocycles. The van der Waals surface area contributed by atoms with Gasteiger partial charge in [0.1, 0.15) is 0 Å². The number of rotatable bonds is 15. The van der Waals surface area contributed by atoms with Crippen LogP contribution in [0, 0.1) is 0 Å². The molecule has 0 aliphatic heterocycles. The summed E-state index contributed by atoms with van der Waals surface area (Å²) in [5.74, 6) is 0. The molecule has 0 amide bonds. The Hall–Kier alpha value is -0.403. The van der Waals surface area contributed by atoms with Crippen molar-refractivity contribution in [2.24, 2.45) is 0 Å². The Bertz CT molecular complexity index is 209. The second-order valence-corrected chi connectivity index (χ2v) is 6.82. The molecule has 0 unspecified atom stereocenters. The number of hydrogen-bond acceptors (Lipinski definition) is 5. The van der Waals surface area contributed by atoms with E-state index in [-0.39, 0.29) is 0 Å². The van der Waals surface area contributed by atoms with Gasteiger partial charge >= 0.3 is 8.80 Å². The second-order valence-electron chi connectivity index (χ2n) is 4.09. The van der Waals surface area contributed by atoms with E-state index in [1.54, 1.807) is 0 Å². The molecule has 6 heteroatoms. The summed E-state index contributed by atoms with van der Waals surface area (Å²) >= 11 is 0. The van der Waals surface area contributed by atoms with Gasteiger partial charge in [-0.1, -0.05) is 6.58 Å². The quantitative estimate of drug-likeness (QED) is 0.264. The Morgan fingerprint density at radius 1 is 0.850 bits per heavy atom. The smallest absolute Gasteiger partial charge is 0.502 e. The molecular weight excluding hydrogens is 276 g/mol. The summed E-state index contributed by atoms with van der Waals surface area (Å²) in [6.07, 6.45) is 3.41. The summed E-state index contributed by atoms with van der Waals surface area (Å²) in [7, 11) is -2.54. The summed E-state index contributed by atoms with van der Waals surface area (Å²) in [5, 5.41) is 0. The summed E-state index contributed by atoms with van der Waals surface area (Å²) < 4.78 is 27.9. The SMILES string of the molecule is C=COCCCCOCC[Si](OCC)(OCC)OCC. The zero-order valence-electron chi connectivity index (χ0n) is 13.2. The van der Waals surface area contributed by atoms with E-state index in [0.29, 0.717) is 39.1 Å². The number of hydrogen-bond donors (Lipinski definition) is 0. The Kier molecular flexibility index (Phi) is 13.3. The average molecular weight is 306 g/mol. The molecule has 0 bridgehead atoms. The van der Waals surface area contributed by atoms with Gasteiger partial charge in [0.2, 0.25) is 0 Å². The Balaban J connectivity index is 3.85. The van der Waals surface area contributed by atoms with Crippen LogP contribution in [-0.4, -0.2) is 48.4 Å². The molecule has 20 heavy (non-hydrogen) atoms. The summed E-state index contributed by atoms with van der Waals surface area (Å²) in [5.41, 5.74) is 0. The molecule has 0 aliphatic rings. The van der Waals surface area contributed by atoms with Gasteiger partial charge in [0.05, 0.1) is 19.5 Å². The van der Waals surface area contributed by atoms with Gasteiger partial charge in [0, 0.05) is 32.5 Å². The highest BCUT2D eigenvalue weighted by Crippen LogP contribution is 2.16. The first-order chi connectivity index (χ1) is 9.74. The molecule has 0 radical (unpaired) electrons. The minimum Gasteiger partial charge on any atom is -0.502 e. The molecule has 0 rings (SSSR count).